The lowest BCUT2D eigenvalue weighted by molar-refractivity contribution is 0.308. The van der Waals surface area contributed by atoms with E-state index in [0.29, 0.717) is 41.7 Å². The molecule has 0 saturated heterocycles. The van der Waals surface area contributed by atoms with Crippen molar-refractivity contribution in [3.63, 3.8) is 0 Å². The minimum atomic E-state index is 0.163. The number of nitrogens with two attached hydrogens (primary N) is 2. The molecule has 6 N–H and O–H groups in total. The van der Waals surface area contributed by atoms with Crippen molar-refractivity contribution in [2.24, 2.45) is 21.5 Å². The van der Waals surface area contributed by atoms with Crippen LogP contribution in [-0.2, 0) is 22.3 Å². The third-order valence-corrected chi connectivity index (χ3v) is 7.30. The summed E-state index contributed by atoms with van der Waals surface area (Å²) in [4.78, 5) is 16.8. The van der Waals surface area contributed by atoms with E-state index in [1.807, 2.05) is 36.4 Å². The van der Waals surface area contributed by atoms with Crippen LogP contribution in [0.3, 0.4) is 0 Å². The van der Waals surface area contributed by atoms with E-state index in [1.54, 1.807) is 30.6 Å². The maximum absolute atomic E-state index is 8.76. The van der Waals surface area contributed by atoms with Crippen molar-refractivity contribution in [3.8, 4) is 6.07 Å². The van der Waals surface area contributed by atoms with Gasteiger partial charge in [-0.2, -0.15) is 5.26 Å². The van der Waals surface area contributed by atoms with Crippen molar-refractivity contribution < 1.29 is 9.47 Å². The summed E-state index contributed by atoms with van der Waals surface area (Å²) in [5.41, 5.74) is 16.0. The van der Waals surface area contributed by atoms with Crippen LogP contribution >= 0.6 is 11.6 Å². The molecule has 0 bridgehead atoms. The normalized spacial score (nSPS) is 16.6. The van der Waals surface area contributed by atoms with Crippen molar-refractivity contribution >= 4 is 46.7 Å². The van der Waals surface area contributed by atoms with Gasteiger partial charge in [-0.05, 0) is 85.3 Å². The smallest absolute Gasteiger partial charge is 0.282 e. The Hall–Kier alpha value is -5.34. The average molecular weight is 624 g/mol. The number of aryl methyl sites for hydroxylation is 2. The van der Waals surface area contributed by atoms with Crippen LogP contribution in [0.15, 0.2) is 95.2 Å². The van der Waals surface area contributed by atoms with E-state index >= 15 is 0 Å². The van der Waals surface area contributed by atoms with Crippen LogP contribution in [0.25, 0.3) is 0 Å². The van der Waals surface area contributed by atoms with Crippen LogP contribution in [0.2, 0.25) is 5.02 Å². The molecule has 230 valence electrons. The fourth-order valence-corrected chi connectivity index (χ4v) is 4.74. The van der Waals surface area contributed by atoms with Crippen LogP contribution in [-0.4, -0.2) is 47.3 Å². The number of ether oxygens (including phenoxy) is 2. The molecule has 2 aromatic heterocycles. The van der Waals surface area contributed by atoms with E-state index in [4.69, 9.17) is 37.8 Å². The summed E-state index contributed by atoms with van der Waals surface area (Å²) in [6.45, 7) is 1.17. The maximum atomic E-state index is 8.76. The number of amidine groups is 2. The second-order valence-electron chi connectivity index (χ2n) is 10.5. The Bertz CT molecular complexity index is 1640. The zero-order valence-electron chi connectivity index (χ0n) is 24.6. The number of anilines is 4. The number of aliphatic imine (C=N–C) groups is 2. The molecule has 0 unspecified atom stereocenters. The molecule has 0 aliphatic carbocycles. The molecular formula is C33H34ClN9O2. The Morgan fingerprint density at radius 1 is 0.711 bits per heavy atom. The highest BCUT2D eigenvalue weighted by atomic mass is 35.5. The molecule has 0 amide bonds. The first-order valence-electron chi connectivity index (χ1n) is 14.5. The SMILES string of the molecule is N#Cc1ccc(Nc2ccc(CC[C@H]3COC(N)=N3)cc2)nc1.NC1=N[C@@H](CCc2ccc(Nc3ccc(Cl)cn3)cc2)CO1. The summed E-state index contributed by atoms with van der Waals surface area (Å²) in [5, 5.41) is 15.8. The van der Waals surface area contributed by atoms with Gasteiger partial charge in [0.1, 0.15) is 30.9 Å². The fraction of sp³-hybridized carbons (Fsp3) is 0.242. The monoisotopic (exact) mass is 623 g/mol. The molecule has 0 spiro atoms. The van der Waals surface area contributed by atoms with Gasteiger partial charge in [-0.15, -0.1) is 0 Å². The largest absolute Gasteiger partial charge is 0.463 e. The number of hydrogen-bond donors (Lipinski definition) is 4. The maximum Gasteiger partial charge on any atom is 0.282 e. The molecule has 0 radical (unpaired) electrons. The number of nitriles is 1. The second kappa shape index (κ2) is 15.4. The lowest BCUT2D eigenvalue weighted by atomic mass is 10.1. The Labute approximate surface area is 267 Å². The Morgan fingerprint density at radius 2 is 1.20 bits per heavy atom. The summed E-state index contributed by atoms with van der Waals surface area (Å²) in [7, 11) is 0. The number of halogens is 1. The van der Waals surface area contributed by atoms with Gasteiger partial charge < -0.3 is 31.6 Å². The summed E-state index contributed by atoms with van der Waals surface area (Å²) in [6.07, 6.45) is 6.90. The minimum Gasteiger partial charge on any atom is -0.463 e. The van der Waals surface area contributed by atoms with E-state index < -0.39 is 0 Å². The van der Waals surface area contributed by atoms with Crippen LogP contribution in [0.5, 0.6) is 0 Å². The van der Waals surface area contributed by atoms with Gasteiger partial charge in [0.25, 0.3) is 12.0 Å². The van der Waals surface area contributed by atoms with Crippen molar-refractivity contribution in [1.29, 1.82) is 5.26 Å². The zero-order chi connectivity index (χ0) is 31.4. The summed E-state index contributed by atoms with van der Waals surface area (Å²) in [5.74, 6) is 1.48. The predicted octanol–water partition coefficient (Wildman–Crippen LogP) is 5.47. The lowest BCUT2D eigenvalue weighted by Crippen LogP contribution is -2.10. The number of nitrogens with zero attached hydrogens (tertiary/aromatic N) is 5. The Morgan fingerprint density at radius 3 is 1.58 bits per heavy atom. The highest BCUT2D eigenvalue weighted by Crippen LogP contribution is 2.20. The van der Waals surface area contributed by atoms with Gasteiger partial charge >= 0.3 is 0 Å². The topological polar surface area (TPSA) is 169 Å². The number of pyridine rings is 2. The zero-order valence-corrected chi connectivity index (χ0v) is 25.3. The number of benzene rings is 2. The molecule has 2 atom stereocenters. The van der Waals surface area contributed by atoms with Crippen molar-refractivity contribution in [2.75, 3.05) is 23.8 Å². The van der Waals surface area contributed by atoms with Crippen LogP contribution in [0.1, 0.15) is 29.5 Å². The Kier molecular flexibility index (Phi) is 10.6. The van der Waals surface area contributed by atoms with E-state index in [-0.39, 0.29) is 12.1 Å². The molecule has 4 aromatic rings. The summed E-state index contributed by atoms with van der Waals surface area (Å²) < 4.78 is 10.3. The third kappa shape index (κ3) is 9.84. The fourth-order valence-electron chi connectivity index (χ4n) is 4.62. The summed E-state index contributed by atoms with van der Waals surface area (Å²) in [6, 6.07) is 26.6. The molecule has 12 heteroatoms. The molecular weight excluding hydrogens is 590 g/mol. The molecule has 4 heterocycles. The van der Waals surface area contributed by atoms with E-state index in [0.717, 1.165) is 42.9 Å². The highest BCUT2D eigenvalue weighted by Gasteiger charge is 2.17. The lowest BCUT2D eigenvalue weighted by Gasteiger charge is -2.08. The van der Waals surface area contributed by atoms with Crippen LogP contribution < -0.4 is 22.1 Å². The standard InChI is InChI=1S/C17H17N5O.C16H17ClN4O/c18-9-13-4-8-16(20-10-13)21-14-5-1-12(2-6-14)3-7-15-11-23-17(19)22-15;17-12-4-8-15(19-9-12)20-13-5-1-11(2-6-13)3-7-14-10-22-16(18)21-14/h1-2,4-6,8,10,15H,3,7,11H2,(H2,19,22)(H,20,21);1-2,4-6,8-9,14H,3,7,10H2,(H2,18,21)(H,19,20)/t15-;14-/m00/s1. The van der Waals surface area contributed by atoms with Gasteiger partial charge in [-0.1, -0.05) is 35.9 Å². The number of nitrogens with one attached hydrogen (secondary N) is 2. The minimum absolute atomic E-state index is 0.163. The second-order valence-corrected chi connectivity index (χ2v) is 10.9. The van der Waals surface area contributed by atoms with Gasteiger partial charge in [0.2, 0.25) is 0 Å². The van der Waals surface area contributed by atoms with Crippen molar-refractivity contribution in [1.82, 2.24) is 9.97 Å². The average Bonchev–Trinajstić information content (AvgIpc) is 3.69. The van der Waals surface area contributed by atoms with Crippen molar-refractivity contribution in [3.05, 3.63) is 107 Å². The Balaban J connectivity index is 0.000000178. The quantitative estimate of drug-likeness (QED) is 0.179. The van der Waals surface area contributed by atoms with E-state index in [2.05, 4.69) is 54.9 Å². The van der Waals surface area contributed by atoms with Gasteiger partial charge in [-0.25, -0.2) is 20.0 Å². The van der Waals surface area contributed by atoms with Crippen molar-refractivity contribution in [2.45, 2.75) is 37.8 Å². The summed E-state index contributed by atoms with van der Waals surface area (Å²) >= 11 is 5.82. The molecule has 0 saturated carbocycles. The van der Waals surface area contributed by atoms with E-state index in [9.17, 15) is 0 Å². The predicted molar refractivity (Wildman–Crippen MR) is 177 cm³/mol. The number of aromatic nitrogens is 2. The molecule has 2 aliphatic heterocycles. The first kappa shape index (κ1) is 31.1. The molecule has 0 fully saturated rings. The highest BCUT2D eigenvalue weighted by molar-refractivity contribution is 6.30. The van der Waals surface area contributed by atoms with Gasteiger partial charge in [0.15, 0.2) is 0 Å². The first-order chi connectivity index (χ1) is 21.9. The first-order valence-corrected chi connectivity index (χ1v) is 14.9. The molecule has 2 aromatic carbocycles. The number of hydrogen-bond acceptors (Lipinski definition) is 11. The third-order valence-electron chi connectivity index (χ3n) is 7.07. The van der Waals surface area contributed by atoms with Gasteiger partial charge in [0, 0.05) is 23.8 Å². The molecule has 2 aliphatic rings. The van der Waals surface area contributed by atoms with Crippen LogP contribution in [0.4, 0.5) is 23.0 Å². The molecule has 11 nitrogen and oxygen atoms in total. The van der Waals surface area contributed by atoms with Gasteiger partial charge in [-0.3, -0.25) is 0 Å². The molecule has 45 heavy (non-hydrogen) atoms. The van der Waals surface area contributed by atoms with Gasteiger partial charge in [0.05, 0.1) is 22.7 Å². The number of rotatable bonds is 10. The molecule has 6 rings (SSSR count). The van der Waals surface area contributed by atoms with E-state index in [1.165, 1.54) is 11.1 Å². The van der Waals surface area contributed by atoms with Crippen LogP contribution in [0, 0.1) is 11.3 Å².